The topological polar surface area (TPSA) is 65.2 Å². The van der Waals surface area contributed by atoms with Crippen LogP contribution in [0, 0.1) is 23.3 Å². The van der Waals surface area contributed by atoms with Crippen LogP contribution >= 0.6 is 0 Å². The molecule has 0 fully saturated rings. The molecule has 0 spiro atoms. The standard InChI is InChI=1S/C12H6F4N2O2/c13-6-4-7(14)9(16)10(8(6)15)20-12(19)5-2-1-3-18-11(5)17/h1-4H,(H2,17,18). The highest BCUT2D eigenvalue weighted by molar-refractivity contribution is 5.95. The molecule has 0 atom stereocenters. The summed E-state index contributed by atoms with van der Waals surface area (Å²) in [5.74, 6) is -10.0. The van der Waals surface area contributed by atoms with Crippen LogP contribution in [-0.2, 0) is 0 Å². The molecule has 104 valence electrons. The fourth-order valence-corrected chi connectivity index (χ4v) is 1.38. The van der Waals surface area contributed by atoms with E-state index < -0.39 is 35.0 Å². The lowest BCUT2D eigenvalue weighted by Crippen LogP contribution is -2.14. The van der Waals surface area contributed by atoms with Gasteiger partial charge in [-0.2, -0.15) is 8.78 Å². The van der Waals surface area contributed by atoms with E-state index in [-0.39, 0.29) is 17.4 Å². The molecule has 2 N–H and O–H groups in total. The van der Waals surface area contributed by atoms with Gasteiger partial charge in [-0.3, -0.25) is 0 Å². The molecule has 0 saturated carbocycles. The van der Waals surface area contributed by atoms with Gasteiger partial charge in [0.15, 0.2) is 11.6 Å². The molecule has 1 heterocycles. The largest absolute Gasteiger partial charge is 0.416 e. The normalized spacial score (nSPS) is 10.4. The minimum atomic E-state index is -1.82. The molecule has 0 saturated heterocycles. The highest BCUT2D eigenvalue weighted by Crippen LogP contribution is 2.27. The van der Waals surface area contributed by atoms with Crippen molar-refractivity contribution in [2.75, 3.05) is 5.73 Å². The number of esters is 1. The van der Waals surface area contributed by atoms with Gasteiger partial charge in [0, 0.05) is 12.3 Å². The zero-order valence-electron chi connectivity index (χ0n) is 9.66. The SMILES string of the molecule is Nc1ncccc1C(=O)Oc1c(F)c(F)cc(F)c1F. The number of halogens is 4. The van der Waals surface area contributed by atoms with E-state index in [9.17, 15) is 22.4 Å². The average Bonchev–Trinajstić information content (AvgIpc) is 2.41. The number of nitrogens with two attached hydrogens (primary N) is 1. The van der Waals surface area contributed by atoms with Crippen molar-refractivity contribution in [1.29, 1.82) is 0 Å². The molecule has 0 amide bonds. The number of hydrogen-bond acceptors (Lipinski definition) is 4. The molecular weight excluding hydrogens is 280 g/mol. The number of rotatable bonds is 2. The molecule has 0 bridgehead atoms. The van der Waals surface area contributed by atoms with Crippen molar-refractivity contribution in [2.24, 2.45) is 0 Å². The van der Waals surface area contributed by atoms with Crippen LogP contribution in [0.4, 0.5) is 23.4 Å². The Balaban J connectivity index is 2.41. The van der Waals surface area contributed by atoms with Crippen molar-refractivity contribution in [3.63, 3.8) is 0 Å². The first-order valence-corrected chi connectivity index (χ1v) is 5.17. The molecule has 1 aromatic carbocycles. The molecular formula is C12H6F4N2O2. The maximum absolute atomic E-state index is 13.3. The van der Waals surface area contributed by atoms with E-state index in [0.29, 0.717) is 0 Å². The van der Waals surface area contributed by atoms with E-state index in [1.165, 1.54) is 18.3 Å². The van der Waals surface area contributed by atoms with Crippen LogP contribution in [0.15, 0.2) is 24.4 Å². The second kappa shape index (κ2) is 5.16. The third kappa shape index (κ3) is 2.40. The molecule has 0 aliphatic rings. The minimum Gasteiger partial charge on any atom is -0.416 e. The smallest absolute Gasteiger partial charge is 0.347 e. The van der Waals surface area contributed by atoms with Crippen LogP contribution in [-0.4, -0.2) is 11.0 Å². The van der Waals surface area contributed by atoms with Crippen LogP contribution < -0.4 is 10.5 Å². The summed E-state index contributed by atoms with van der Waals surface area (Å²) in [4.78, 5) is 15.2. The summed E-state index contributed by atoms with van der Waals surface area (Å²) in [7, 11) is 0. The van der Waals surface area contributed by atoms with Gasteiger partial charge in [0.25, 0.3) is 0 Å². The predicted molar refractivity (Wildman–Crippen MR) is 59.9 cm³/mol. The molecule has 0 radical (unpaired) electrons. The first kappa shape index (κ1) is 13.8. The van der Waals surface area contributed by atoms with E-state index in [1.807, 2.05) is 0 Å². The lowest BCUT2D eigenvalue weighted by Gasteiger charge is -2.08. The summed E-state index contributed by atoms with van der Waals surface area (Å²) >= 11 is 0. The van der Waals surface area contributed by atoms with Gasteiger partial charge < -0.3 is 10.5 Å². The number of carbonyl (C=O) groups is 1. The number of nitrogens with zero attached hydrogens (tertiary/aromatic N) is 1. The molecule has 2 rings (SSSR count). The zero-order valence-corrected chi connectivity index (χ0v) is 9.66. The minimum absolute atomic E-state index is 0.000433. The highest BCUT2D eigenvalue weighted by atomic mass is 19.2. The molecule has 20 heavy (non-hydrogen) atoms. The molecule has 0 unspecified atom stereocenters. The molecule has 8 heteroatoms. The monoisotopic (exact) mass is 286 g/mol. The fraction of sp³-hybridized carbons (Fsp3) is 0. The summed E-state index contributed by atoms with van der Waals surface area (Å²) in [5.41, 5.74) is 5.07. The maximum Gasteiger partial charge on any atom is 0.347 e. The van der Waals surface area contributed by atoms with Crippen molar-refractivity contribution < 1.29 is 27.1 Å². The second-order valence-corrected chi connectivity index (χ2v) is 3.62. The first-order chi connectivity index (χ1) is 9.41. The van der Waals surface area contributed by atoms with E-state index in [0.717, 1.165) is 0 Å². The lowest BCUT2D eigenvalue weighted by molar-refractivity contribution is 0.0718. The van der Waals surface area contributed by atoms with Gasteiger partial charge in [0.2, 0.25) is 17.4 Å². The number of nitrogen functional groups attached to an aromatic ring is 1. The van der Waals surface area contributed by atoms with Gasteiger partial charge in [-0.15, -0.1) is 0 Å². The Hall–Kier alpha value is -2.64. The van der Waals surface area contributed by atoms with Crippen molar-refractivity contribution in [3.8, 4) is 5.75 Å². The number of anilines is 1. The highest BCUT2D eigenvalue weighted by Gasteiger charge is 2.24. The Morgan fingerprint density at radius 2 is 1.75 bits per heavy atom. The Morgan fingerprint density at radius 3 is 2.30 bits per heavy atom. The van der Waals surface area contributed by atoms with Crippen LogP contribution in [0.25, 0.3) is 0 Å². The van der Waals surface area contributed by atoms with Crippen LogP contribution in [0.2, 0.25) is 0 Å². The Morgan fingerprint density at radius 1 is 1.15 bits per heavy atom. The third-order valence-electron chi connectivity index (χ3n) is 2.32. The van der Waals surface area contributed by atoms with Gasteiger partial charge in [0.05, 0.1) is 0 Å². The van der Waals surface area contributed by atoms with E-state index in [4.69, 9.17) is 5.73 Å². The summed E-state index contributed by atoms with van der Waals surface area (Å²) in [5, 5.41) is 0. The van der Waals surface area contributed by atoms with Crippen molar-refractivity contribution >= 4 is 11.8 Å². The lowest BCUT2D eigenvalue weighted by atomic mass is 10.2. The van der Waals surface area contributed by atoms with E-state index >= 15 is 0 Å². The summed E-state index contributed by atoms with van der Waals surface area (Å²) in [6.07, 6.45) is 1.27. The van der Waals surface area contributed by atoms with Gasteiger partial charge >= 0.3 is 5.97 Å². The van der Waals surface area contributed by atoms with Gasteiger partial charge in [0.1, 0.15) is 11.4 Å². The van der Waals surface area contributed by atoms with E-state index in [2.05, 4.69) is 9.72 Å². The van der Waals surface area contributed by atoms with Gasteiger partial charge in [-0.25, -0.2) is 18.6 Å². The number of pyridine rings is 1. The van der Waals surface area contributed by atoms with Crippen LogP contribution in [0.3, 0.4) is 0 Å². The van der Waals surface area contributed by atoms with Crippen molar-refractivity contribution in [2.45, 2.75) is 0 Å². The molecule has 2 aromatic rings. The average molecular weight is 286 g/mol. The van der Waals surface area contributed by atoms with Crippen molar-refractivity contribution in [3.05, 3.63) is 53.2 Å². The third-order valence-corrected chi connectivity index (χ3v) is 2.32. The quantitative estimate of drug-likeness (QED) is 0.398. The van der Waals surface area contributed by atoms with Crippen molar-refractivity contribution in [1.82, 2.24) is 4.98 Å². The van der Waals surface area contributed by atoms with Gasteiger partial charge in [-0.1, -0.05) is 0 Å². The Kier molecular flexibility index (Phi) is 3.55. The molecule has 4 nitrogen and oxygen atoms in total. The molecule has 1 aromatic heterocycles. The number of aromatic nitrogens is 1. The van der Waals surface area contributed by atoms with Crippen LogP contribution in [0.5, 0.6) is 5.75 Å². The zero-order chi connectivity index (χ0) is 14.9. The number of ether oxygens (including phenoxy) is 1. The van der Waals surface area contributed by atoms with E-state index in [1.54, 1.807) is 0 Å². The fourth-order valence-electron chi connectivity index (χ4n) is 1.38. The van der Waals surface area contributed by atoms with Crippen LogP contribution in [0.1, 0.15) is 10.4 Å². The molecule has 0 aliphatic heterocycles. The first-order valence-electron chi connectivity index (χ1n) is 5.17. The Labute approximate surface area is 109 Å². The predicted octanol–water partition coefficient (Wildman–Crippen LogP) is 2.44. The Bertz CT molecular complexity index is 665. The summed E-state index contributed by atoms with van der Waals surface area (Å²) in [6, 6.07) is 2.50. The molecule has 0 aliphatic carbocycles. The van der Waals surface area contributed by atoms with Gasteiger partial charge in [-0.05, 0) is 12.1 Å². The number of hydrogen-bond donors (Lipinski definition) is 1. The number of benzene rings is 1. The number of carbonyl (C=O) groups excluding carboxylic acids is 1. The maximum atomic E-state index is 13.3. The second-order valence-electron chi connectivity index (χ2n) is 3.62. The summed E-state index contributed by atoms with van der Waals surface area (Å²) in [6.45, 7) is 0. The summed E-state index contributed by atoms with van der Waals surface area (Å²) < 4.78 is 56.8.